The van der Waals surface area contributed by atoms with E-state index in [-0.39, 0.29) is 11.3 Å². The molecule has 0 spiro atoms. The smallest absolute Gasteiger partial charge is 0.277 e. The second-order valence-corrected chi connectivity index (χ2v) is 4.75. The molecule has 0 aliphatic rings. The maximum Gasteiger partial charge on any atom is 0.277 e. The molecule has 19 heavy (non-hydrogen) atoms. The van der Waals surface area contributed by atoms with Gasteiger partial charge in [0.1, 0.15) is 11.5 Å². The lowest BCUT2D eigenvalue weighted by Gasteiger charge is -2.06. The minimum atomic E-state index is -0.412. The summed E-state index contributed by atoms with van der Waals surface area (Å²) < 4.78 is 1.97. The number of nitrogens with one attached hydrogen (secondary N) is 1. The van der Waals surface area contributed by atoms with E-state index in [0.29, 0.717) is 5.82 Å². The Hall–Kier alpha value is -2.02. The number of anilines is 1. The van der Waals surface area contributed by atoms with Crippen molar-refractivity contribution in [2.45, 2.75) is 6.92 Å². The Bertz CT molecular complexity index is 696. The van der Waals surface area contributed by atoms with Crippen LogP contribution in [0.2, 0.25) is 0 Å². The average molecular weight is 323 g/mol. The largest absolute Gasteiger partial charge is 0.305 e. The number of rotatable bonds is 2. The van der Waals surface area contributed by atoms with Crippen LogP contribution in [-0.4, -0.2) is 20.7 Å². The van der Waals surface area contributed by atoms with Crippen molar-refractivity contribution in [2.75, 3.05) is 5.32 Å². The first kappa shape index (κ1) is 13.4. The normalized spacial score (nSPS) is 10.3. The minimum absolute atomic E-state index is 0.157. The summed E-state index contributed by atoms with van der Waals surface area (Å²) in [7, 11) is 1.49. The van der Waals surface area contributed by atoms with E-state index in [0.717, 1.165) is 14.8 Å². The molecule has 0 aromatic carbocycles. The van der Waals surface area contributed by atoms with Crippen molar-refractivity contribution >= 4 is 27.7 Å². The lowest BCUT2D eigenvalue weighted by atomic mass is 10.3. The fraction of sp³-hybridized carbons (Fsp3) is 0.167. The first-order chi connectivity index (χ1) is 8.97. The minimum Gasteiger partial charge on any atom is -0.305 e. The summed E-state index contributed by atoms with van der Waals surface area (Å²) in [4.78, 5) is 27.3. The number of carbonyl (C=O) groups is 1. The highest BCUT2D eigenvalue weighted by atomic mass is 79.9. The summed E-state index contributed by atoms with van der Waals surface area (Å²) >= 11 is 3.33. The number of aromatic nitrogens is 3. The Kier molecular flexibility index (Phi) is 3.75. The van der Waals surface area contributed by atoms with Crippen LogP contribution >= 0.6 is 15.9 Å². The molecule has 2 rings (SSSR count). The summed E-state index contributed by atoms with van der Waals surface area (Å²) in [6.07, 6.45) is 0. The molecule has 0 radical (unpaired) electrons. The number of carbonyl (C=O) groups excluding carboxylic acids is 1. The van der Waals surface area contributed by atoms with Crippen molar-refractivity contribution in [1.29, 1.82) is 0 Å². The summed E-state index contributed by atoms with van der Waals surface area (Å²) in [5, 5.41) is 6.49. The molecule has 0 fully saturated rings. The number of hydrogen-bond donors (Lipinski definition) is 1. The van der Waals surface area contributed by atoms with Crippen molar-refractivity contribution < 1.29 is 4.79 Å². The van der Waals surface area contributed by atoms with Gasteiger partial charge in [0, 0.05) is 17.6 Å². The Balaban J connectivity index is 2.22. The van der Waals surface area contributed by atoms with Crippen molar-refractivity contribution in [1.82, 2.24) is 14.8 Å². The molecule has 0 bridgehead atoms. The molecule has 0 unspecified atom stereocenters. The van der Waals surface area contributed by atoms with Crippen LogP contribution in [0.4, 0.5) is 5.82 Å². The third-order valence-corrected chi connectivity index (χ3v) is 3.29. The fourth-order valence-corrected chi connectivity index (χ4v) is 1.64. The number of pyridine rings is 1. The molecule has 7 heteroatoms. The van der Waals surface area contributed by atoms with Crippen molar-refractivity contribution in [3.05, 3.63) is 50.5 Å². The lowest BCUT2D eigenvalue weighted by molar-refractivity contribution is 0.101. The fourth-order valence-electron chi connectivity index (χ4n) is 1.42. The Morgan fingerprint density at radius 2 is 2.05 bits per heavy atom. The highest BCUT2D eigenvalue weighted by Gasteiger charge is 2.10. The van der Waals surface area contributed by atoms with Crippen LogP contribution in [0, 0.1) is 6.92 Å². The molecule has 2 heterocycles. The molecule has 98 valence electrons. The highest BCUT2D eigenvalue weighted by molar-refractivity contribution is 9.10. The second-order valence-electron chi connectivity index (χ2n) is 3.90. The number of amides is 1. The van der Waals surface area contributed by atoms with Crippen LogP contribution < -0.4 is 10.9 Å². The van der Waals surface area contributed by atoms with E-state index in [9.17, 15) is 9.59 Å². The van der Waals surface area contributed by atoms with E-state index in [1.165, 1.54) is 19.2 Å². The van der Waals surface area contributed by atoms with Crippen LogP contribution in [0.5, 0.6) is 0 Å². The summed E-state index contributed by atoms with van der Waals surface area (Å²) in [6.45, 7) is 1.82. The van der Waals surface area contributed by atoms with Crippen molar-refractivity contribution in [2.24, 2.45) is 7.05 Å². The van der Waals surface area contributed by atoms with E-state index < -0.39 is 5.91 Å². The first-order valence-corrected chi connectivity index (χ1v) is 6.25. The van der Waals surface area contributed by atoms with Crippen LogP contribution in [0.15, 0.2) is 33.5 Å². The van der Waals surface area contributed by atoms with E-state index in [1.54, 1.807) is 12.1 Å². The van der Waals surface area contributed by atoms with E-state index in [2.05, 4.69) is 31.3 Å². The maximum absolute atomic E-state index is 11.9. The molecular weight excluding hydrogens is 312 g/mol. The van der Waals surface area contributed by atoms with Gasteiger partial charge in [-0.25, -0.2) is 9.67 Å². The summed E-state index contributed by atoms with van der Waals surface area (Å²) in [5.74, 6) is 0.0196. The summed E-state index contributed by atoms with van der Waals surface area (Å²) in [5.41, 5.74) is 0.657. The molecular formula is C12H11BrN4O2. The topological polar surface area (TPSA) is 76.9 Å². The van der Waals surface area contributed by atoms with Crippen molar-refractivity contribution in [3.63, 3.8) is 0 Å². The van der Waals surface area contributed by atoms with Gasteiger partial charge in [0.15, 0.2) is 0 Å². The van der Waals surface area contributed by atoms with Gasteiger partial charge >= 0.3 is 0 Å². The summed E-state index contributed by atoms with van der Waals surface area (Å²) in [6, 6.07) is 6.15. The van der Waals surface area contributed by atoms with E-state index >= 15 is 0 Å². The molecule has 0 saturated carbocycles. The van der Waals surface area contributed by atoms with Crippen molar-refractivity contribution in [3.8, 4) is 0 Å². The zero-order valence-corrected chi connectivity index (χ0v) is 11.9. The first-order valence-electron chi connectivity index (χ1n) is 5.46. The molecule has 0 aliphatic carbocycles. The molecule has 6 nitrogen and oxygen atoms in total. The number of hydrogen-bond acceptors (Lipinski definition) is 4. The van der Waals surface area contributed by atoms with Gasteiger partial charge in [0.25, 0.3) is 11.5 Å². The molecule has 0 saturated heterocycles. The second kappa shape index (κ2) is 5.31. The molecule has 1 N–H and O–H groups in total. The molecule has 0 atom stereocenters. The van der Waals surface area contributed by atoms with Gasteiger partial charge < -0.3 is 5.32 Å². The predicted octanol–water partition coefficient (Wildman–Crippen LogP) is 1.50. The van der Waals surface area contributed by atoms with Crippen LogP contribution in [0.25, 0.3) is 0 Å². The van der Waals surface area contributed by atoms with Gasteiger partial charge in [-0.05, 0) is 41.1 Å². The average Bonchev–Trinajstić information content (AvgIpc) is 2.37. The van der Waals surface area contributed by atoms with Gasteiger partial charge in [0.2, 0.25) is 0 Å². The molecule has 1 amide bonds. The van der Waals surface area contributed by atoms with E-state index in [4.69, 9.17) is 0 Å². The lowest BCUT2D eigenvalue weighted by Crippen LogP contribution is -2.23. The Morgan fingerprint density at radius 1 is 1.32 bits per heavy atom. The Morgan fingerprint density at radius 3 is 2.68 bits per heavy atom. The zero-order valence-electron chi connectivity index (χ0n) is 10.3. The van der Waals surface area contributed by atoms with Gasteiger partial charge in [-0.15, -0.1) is 0 Å². The van der Waals surface area contributed by atoms with Crippen LogP contribution in [-0.2, 0) is 7.05 Å². The number of halogens is 1. The number of aryl methyl sites for hydroxylation is 2. The highest BCUT2D eigenvalue weighted by Crippen LogP contribution is 2.16. The van der Waals surface area contributed by atoms with Gasteiger partial charge in [-0.2, -0.15) is 5.10 Å². The van der Waals surface area contributed by atoms with E-state index in [1.807, 2.05) is 6.92 Å². The SMILES string of the molecule is Cc1nc(NC(=O)c2ccc(=O)n(C)n2)ccc1Br. The van der Waals surface area contributed by atoms with Crippen LogP contribution in [0.1, 0.15) is 16.2 Å². The van der Waals surface area contributed by atoms with Crippen LogP contribution in [0.3, 0.4) is 0 Å². The third-order valence-electron chi connectivity index (χ3n) is 2.46. The monoisotopic (exact) mass is 322 g/mol. The standard InChI is InChI=1S/C12H11BrN4O2/c1-7-8(13)3-5-10(14-7)15-12(19)9-4-6-11(18)17(2)16-9/h3-6H,1-2H3,(H,14,15,19). The Labute approximate surface area is 117 Å². The zero-order chi connectivity index (χ0) is 14.0. The maximum atomic E-state index is 11.9. The molecule has 0 aliphatic heterocycles. The predicted molar refractivity (Wildman–Crippen MR) is 74.1 cm³/mol. The van der Waals surface area contributed by atoms with Gasteiger partial charge in [-0.3, -0.25) is 9.59 Å². The molecule has 2 aromatic heterocycles. The third kappa shape index (κ3) is 3.05. The molecule has 2 aromatic rings. The van der Waals surface area contributed by atoms with Gasteiger partial charge in [-0.1, -0.05) is 0 Å². The van der Waals surface area contributed by atoms with Gasteiger partial charge in [0.05, 0.1) is 5.69 Å². The quantitative estimate of drug-likeness (QED) is 0.909. The number of nitrogens with zero attached hydrogens (tertiary/aromatic N) is 3.